The SMILES string of the molecule is C.CC1(C)c2ccc3ccccc3c2-c2c(ccc3c2oc2ccc(-c4nc5ccccc5nc4-c4ccccc4)cc23)C1(C)C.CC1(C)c2ccccc2-c2c(c3ccccc3c3oc4ccc(-c5nc6ccccc6nc5-c5ccccc5)cc4c23)C1(C)C.CC1(C)c2ccccc2-c2cc3c(cc2C1(C)C)oc1c2ccccc2c(-c2nc4ccccc4nc2-c2ccccc2)cc31. The van der Waals surface area contributed by atoms with Gasteiger partial charge in [-0.15, -0.1) is 0 Å². The van der Waals surface area contributed by atoms with E-state index in [2.05, 4.69) is 356 Å². The number of fused-ring (bicyclic) bond motifs is 30. The summed E-state index contributed by atoms with van der Waals surface area (Å²) < 4.78 is 20.5. The van der Waals surface area contributed by atoms with E-state index < -0.39 is 0 Å². The molecule has 9 heteroatoms. The summed E-state index contributed by atoms with van der Waals surface area (Å²) in [5, 5.41) is 13.8. The number of aromatic nitrogens is 6. The molecule has 3 aliphatic carbocycles. The molecular weight excluding hydrogens is 1660 g/mol. The fourth-order valence-electron chi connectivity index (χ4n) is 22.6. The number of para-hydroxylation sites is 6. The molecule has 656 valence electrons. The first-order valence-electron chi connectivity index (χ1n) is 47.0. The van der Waals surface area contributed by atoms with E-state index in [-0.39, 0.29) is 39.9 Å². The Labute approximate surface area is 790 Å². The van der Waals surface area contributed by atoms with Crippen molar-refractivity contribution in [3.05, 3.63) is 397 Å². The van der Waals surface area contributed by atoms with Crippen molar-refractivity contribution in [3.8, 4) is 101 Å². The van der Waals surface area contributed by atoms with Crippen molar-refractivity contribution in [3.63, 3.8) is 0 Å². The van der Waals surface area contributed by atoms with Crippen LogP contribution in [0.2, 0.25) is 0 Å². The number of nitrogens with zero attached hydrogens (tertiary/aromatic N) is 6. The summed E-state index contributed by atoms with van der Waals surface area (Å²) in [5.74, 6) is 0. The first-order valence-corrected chi connectivity index (χ1v) is 47.0. The van der Waals surface area contributed by atoms with Gasteiger partial charge in [-0.25, -0.2) is 29.9 Å². The summed E-state index contributed by atoms with van der Waals surface area (Å²) in [6, 6.07) is 128. The van der Waals surface area contributed by atoms with Gasteiger partial charge in [0, 0.05) is 87.4 Å². The fourth-order valence-corrected chi connectivity index (χ4v) is 22.6. The van der Waals surface area contributed by atoms with Crippen molar-refractivity contribution >= 4 is 131 Å². The molecule has 24 aromatic rings. The van der Waals surface area contributed by atoms with Crippen molar-refractivity contribution in [2.45, 2.75) is 123 Å². The second-order valence-electron chi connectivity index (χ2n) is 40.2. The lowest BCUT2D eigenvalue weighted by molar-refractivity contribution is 0.299. The molecule has 6 heterocycles. The smallest absolute Gasteiger partial charge is 0.143 e. The quantitative estimate of drug-likeness (QED) is 0.160. The molecule has 3 aliphatic rings. The van der Waals surface area contributed by atoms with E-state index in [1.807, 2.05) is 91.0 Å². The Balaban J connectivity index is 0.000000111. The topological polar surface area (TPSA) is 117 Å². The molecule has 0 spiro atoms. The highest BCUT2D eigenvalue weighted by Crippen LogP contribution is 2.62. The Morgan fingerprint density at radius 2 is 0.559 bits per heavy atom. The molecule has 0 radical (unpaired) electrons. The van der Waals surface area contributed by atoms with Crippen LogP contribution in [0.4, 0.5) is 0 Å². The molecule has 0 aliphatic heterocycles. The lowest BCUT2D eigenvalue weighted by Crippen LogP contribution is -2.43. The van der Waals surface area contributed by atoms with Gasteiger partial charge in [0.15, 0.2) is 0 Å². The minimum absolute atomic E-state index is 0. The Kier molecular flexibility index (Phi) is 18.7. The van der Waals surface area contributed by atoms with Gasteiger partial charge >= 0.3 is 0 Å². The predicted molar refractivity (Wildman–Crippen MR) is 567 cm³/mol. The molecule has 18 aromatic carbocycles. The van der Waals surface area contributed by atoms with E-state index in [1.165, 1.54) is 88.3 Å². The number of benzene rings is 18. The highest BCUT2D eigenvalue weighted by atomic mass is 16.3. The molecule has 0 N–H and O–H groups in total. The third-order valence-corrected chi connectivity index (χ3v) is 31.8. The summed E-state index contributed by atoms with van der Waals surface area (Å²) in [4.78, 5) is 31.1. The highest BCUT2D eigenvalue weighted by Gasteiger charge is 2.51. The lowest BCUT2D eigenvalue weighted by Gasteiger charge is -2.49. The van der Waals surface area contributed by atoms with Crippen LogP contribution < -0.4 is 0 Å². The maximum Gasteiger partial charge on any atom is 0.143 e. The van der Waals surface area contributed by atoms with Gasteiger partial charge in [-0.2, -0.15) is 0 Å². The predicted octanol–water partition coefficient (Wildman–Crippen LogP) is 34.4. The maximum absolute atomic E-state index is 6.86. The van der Waals surface area contributed by atoms with Gasteiger partial charge < -0.3 is 13.3 Å². The van der Waals surface area contributed by atoms with Crippen LogP contribution in [0.1, 0.15) is 124 Å². The van der Waals surface area contributed by atoms with Crippen molar-refractivity contribution in [1.82, 2.24) is 29.9 Å². The molecule has 6 aromatic heterocycles. The molecule has 0 saturated carbocycles. The number of furan rings is 3. The minimum Gasteiger partial charge on any atom is -0.455 e. The monoisotopic (exact) mass is 1760 g/mol. The van der Waals surface area contributed by atoms with Crippen molar-refractivity contribution in [1.29, 1.82) is 0 Å². The molecule has 0 amide bonds. The largest absolute Gasteiger partial charge is 0.455 e. The molecule has 27 rings (SSSR count). The van der Waals surface area contributed by atoms with E-state index in [0.717, 1.165) is 177 Å². The second kappa shape index (κ2) is 30.6. The summed E-state index contributed by atoms with van der Waals surface area (Å²) in [6.07, 6.45) is 0. The van der Waals surface area contributed by atoms with Crippen LogP contribution in [0, 0.1) is 0 Å². The maximum atomic E-state index is 6.86. The molecule has 0 saturated heterocycles. The van der Waals surface area contributed by atoms with Crippen molar-refractivity contribution in [2.24, 2.45) is 0 Å². The zero-order chi connectivity index (χ0) is 91.5. The zero-order valence-corrected chi connectivity index (χ0v) is 77.5. The van der Waals surface area contributed by atoms with Gasteiger partial charge in [0.1, 0.15) is 33.5 Å². The molecule has 9 nitrogen and oxygen atoms in total. The normalized spacial score (nSPS) is 14.9. The van der Waals surface area contributed by atoms with Crippen LogP contribution in [-0.2, 0) is 32.5 Å². The van der Waals surface area contributed by atoms with E-state index in [4.69, 9.17) is 43.2 Å². The third kappa shape index (κ3) is 12.3. The molecule has 136 heavy (non-hydrogen) atoms. The van der Waals surface area contributed by atoms with Gasteiger partial charge in [-0.1, -0.05) is 363 Å². The second-order valence-corrected chi connectivity index (χ2v) is 40.2. The number of rotatable bonds is 6. The summed E-state index contributed by atoms with van der Waals surface area (Å²) in [6.45, 7) is 28.6. The Hall–Kier alpha value is -15.8. The Morgan fingerprint density at radius 1 is 0.191 bits per heavy atom. The average Bonchev–Trinajstić information content (AvgIpc) is 1.30. The average molecular weight is 1760 g/mol. The highest BCUT2D eigenvalue weighted by molar-refractivity contribution is 6.25. The minimum atomic E-state index is -0.143. The molecule has 0 unspecified atom stereocenters. The Morgan fingerprint density at radius 3 is 1.12 bits per heavy atom. The fraction of sp³-hybridized carbons (Fsp3) is 0.150. The molecule has 0 atom stereocenters. The van der Waals surface area contributed by atoms with Crippen LogP contribution >= 0.6 is 0 Å². The molecular formula is C127H100N6O3. The summed E-state index contributed by atoms with van der Waals surface area (Å²) in [7, 11) is 0. The lowest BCUT2D eigenvalue weighted by atomic mass is 9.54. The summed E-state index contributed by atoms with van der Waals surface area (Å²) in [5.41, 5.74) is 37.6. The van der Waals surface area contributed by atoms with Gasteiger partial charge in [0.2, 0.25) is 0 Å². The van der Waals surface area contributed by atoms with Crippen molar-refractivity contribution in [2.75, 3.05) is 0 Å². The molecule has 0 bridgehead atoms. The Bertz CT molecular complexity index is 9120. The van der Waals surface area contributed by atoms with Crippen LogP contribution in [0.25, 0.3) is 232 Å². The van der Waals surface area contributed by atoms with E-state index in [9.17, 15) is 0 Å². The van der Waals surface area contributed by atoms with E-state index in [0.29, 0.717) is 0 Å². The number of hydrogen-bond acceptors (Lipinski definition) is 9. The van der Waals surface area contributed by atoms with Crippen LogP contribution in [0.5, 0.6) is 0 Å². The zero-order valence-electron chi connectivity index (χ0n) is 77.5. The van der Waals surface area contributed by atoms with Crippen LogP contribution in [0.15, 0.2) is 377 Å². The first-order chi connectivity index (χ1) is 65.5. The standard InChI is InChI=1S/3C42H32N2O.CH4/c1-41(2)33-19-11-10-17-27(33)29-22-30-32-23-31(26-16-8-9-18-28(26)40(32)45-37(30)24-34(29)42(41,3)4)39-38(25-14-6-5-7-15-25)43-35-20-12-13-21-36(35)44-39;1-41(2)31-19-11-10-18-29(31)35-36-30-24-26(39-38(25-14-6-5-7-15-25)43-32-20-12-13-21-33(32)44-39)22-23-34(30)45-40(36)28-17-9-8-16-27(28)37(35)42(41,3)4;1-41(2)31-21-18-25-12-8-9-15-28(25)36(31)37-32(42(41,3)4)22-20-29-30-24-27(19-23-35(30)45-40(29)37)39-38(26-13-6-5-7-14-26)43-33-16-10-11-17-34(33)44-39;/h3*5-24H,1-4H3;1H4. The van der Waals surface area contributed by atoms with E-state index in [1.54, 1.807) is 0 Å². The van der Waals surface area contributed by atoms with Gasteiger partial charge in [-0.3, -0.25) is 0 Å². The van der Waals surface area contributed by atoms with Crippen LogP contribution in [-0.4, -0.2) is 29.9 Å². The van der Waals surface area contributed by atoms with Gasteiger partial charge in [0.25, 0.3) is 0 Å². The van der Waals surface area contributed by atoms with Crippen LogP contribution in [0.3, 0.4) is 0 Å². The van der Waals surface area contributed by atoms with Crippen molar-refractivity contribution < 1.29 is 13.3 Å². The van der Waals surface area contributed by atoms with Gasteiger partial charge in [-0.05, 0) is 201 Å². The summed E-state index contributed by atoms with van der Waals surface area (Å²) >= 11 is 0. The van der Waals surface area contributed by atoms with Gasteiger partial charge in [0.05, 0.1) is 67.3 Å². The van der Waals surface area contributed by atoms with E-state index >= 15 is 0 Å². The number of hydrogen-bond donors (Lipinski definition) is 0. The first kappa shape index (κ1) is 83.2. The third-order valence-electron chi connectivity index (χ3n) is 31.8. The molecule has 0 fully saturated rings.